The lowest BCUT2D eigenvalue weighted by Crippen LogP contribution is -2.26. The first-order chi connectivity index (χ1) is 10.7. The summed E-state index contributed by atoms with van der Waals surface area (Å²) in [5.74, 6) is -0.764. The van der Waals surface area contributed by atoms with E-state index in [9.17, 15) is 18.0 Å². The van der Waals surface area contributed by atoms with Crippen molar-refractivity contribution in [2.45, 2.75) is 19.1 Å². The first-order valence-electron chi connectivity index (χ1n) is 6.46. The summed E-state index contributed by atoms with van der Waals surface area (Å²) in [6, 6.07) is 0. The number of halogens is 5. The molecule has 126 valence electrons. The Kier molecular flexibility index (Phi) is 5.20. The van der Waals surface area contributed by atoms with E-state index in [1.807, 2.05) is 0 Å². The van der Waals surface area contributed by atoms with Crippen molar-refractivity contribution in [3.05, 3.63) is 33.8 Å². The zero-order chi connectivity index (χ0) is 17.2. The molecule has 0 unspecified atom stereocenters. The maximum atomic E-state index is 12.8. The van der Waals surface area contributed by atoms with Crippen molar-refractivity contribution in [3.8, 4) is 0 Å². The molecule has 0 atom stereocenters. The van der Waals surface area contributed by atoms with E-state index in [1.165, 1.54) is 6.20 Å². The van der Waals surface area contributed by atoms with Gasteiger partial charge in [0.15, 0.2) is 11.4 Å². The lowest BCUT2D eigenvalue weighted by atomic mass is 10.3. The Morgan fingerprint density at radius 2 is 2.09 bits per heavy atom. The van der Waals surface area contributed by atoms with Gasteiger partial charge >= 0.3 is 6.18 Å². The molecular formula is C12H12Cl2F3N5O. The third-order valence-corrected chi connectivity index (χ3v) is 3.48. The van der Waals surface area contributed by atoms with Crippen molar-refractivity contribution >= 4 is 29.1 Å². The van der Waals surface area contributed by atoms with Gasteiger partial charge in [0.1, 0.15) is 5.02 Å². The highest BCUT2D eigenvalue weighted by atomic mass is 35.5. The molecule has 0 fully saturated rings. The van der Waals surface area contributed by atoms with E-state index < -0.39 is 28.5 Å². The average molecular weight is 370 g/mol. The third kappa shape index (κ3) is 4.17. The van der Waals surface area contributed by atoms with Crippen molar-refractivity contribution in [2.24, 2.45) is 7.05 Å². The smallest absolute Gasteiger partial charge is 0.351 e. The van der Waals surface area contributed by atoms with E-state index in [2.05, 4.69) is 15.5 Å². The number of aromatic nitrogens is 4. The standard InChI is InChI=1S/C12H12Cl2F3N5O/c1-21-10(12(15,16)17)8(14)9(20-21)11(23)18-3-2-4-22-6-7(13)5-19-22/h5-6H,2-4H2,1H3,(H,18,23). The van der Waals surface area contributed by atoms with Crippen molar-refractivity contribution in [2.75, 3.05) is 6.54 Å². The quantitative estimate of drug-likeness (QED) is 0.824. The van der Waals surface area contributed by atoms with E-state index in [1.54, 1.807) is 10.9 Å². The predicted molar refractivity (Wildman–Crippen MR) is 77.4 cm³/mol. The van der Waals surface area contributed by atoms with Gasteiger partial charge in [-0.05, 0) is 6.42 Å². The first kappa shape index (κ1) is 17.6. The van der Waals surface area contributed by atoms with E-state index >= 15 is 0 Å². The van der Waals surface area contributed by atoms with Gasteiger partial charge in [0.25, 0.3) is 5.91 Å². The molecule has 23 heavy (non-hydrogen) atoms. The van der Waals surface area contributed by atoms with Crippen LogP contribution in [-0.4, -0.2) is 32.0 Å². The molecule has 0 aliphatic rings. The normalized spacial score (nSPS) is 11.7. The lowest BCUT2D eigenvalue weighted by molar-refractivity contribution is -0.143. The van der Waals surface area contributed by atoms with Gasteiger partial charge in [-0.25, -0.2) is 0 Å². The van der Waals surface area contributed by atoms with Gasteiger partial charge in [-0.15, -0.1) is 0 Å². The highest BCUT2D eigenvalue weighted by Crippen LogP contribution is 2.35. The Balaban J connectivity index is 1.93. The number of hydrogen-bond acceptors (Lipinski definition) is 3. The molecule has 1 amide bonds. The number of carbonyl (C=O) groups is 1. The third-order valence-electron chi connectivity index (χ3n) is 2.92. The number of nitrogens with one attached hydrogen (secondary N) is 1. The highest BCUT2D eigenvalue weighted by Gasteiger charge is 2.39. The monoisotopic (exact) mass is 369 g/mol. The fourth-order valence-corrected chi connectivity index (χ4v) is 2.45. The zero-order valence-corrected chi connectivity index (χ0v) is 13.4. The molecule has 0 radical (unpaired) electrons. The fourth-order valence-electron chi connectivity index (χ4n) is 1.94. The second-order valence-electron chi connectivity index (χ2n) is 4.66. The molecule has 0 aliphatic heterocycles. The van der Waals surface area contributed by atoms with Gasteiger partial charge in [-0.1, -0.05) is 23.2 Å². The van der Waals surface area contributed by atoms with Crippen LogP contribution >= 0.6 is 23.2 Å². The SMILES string of the molecule is Cn1nc(C(=O)NCCCn2cc(Cl)cn2)c(Cl)c1C(F)(F)F. The van der Waals surface area contributed by atoms with Crippen molar-refractivity contribution in [1.29, 1.82) is 0 Å². The number of carbonyl (C=O) groups excluding carboxylic acids is 1. The Labute approximate surface area is 139 Å². The molecule has 2 aromatic rings. The zero-order valence-electron chi connectivity index (χ0n) is 11.9. The molecule has 6 nitrogen and oxygen atoms in total. The van der Waals surface area contributed by atoms with Crippen LogP contribution in [0.5, 0.6) is 0 Å². The topological polar surface area (TPSA) is 64.7 Å². The molecule has 2 rings (SSSR count). The second-order valence-corrected chi connectivity index (χ2v) is 5.48. The van der Waals surface area contributed by atoms with E-state index in [0.29, 0.717) is 22.7 Å². The number of aryl methyl sites for hydroxylation is 2. The van der Waals surface area contributed by atoms with Crippen LogP contribution in [0.2, 0.25) is 10.0 Å². The number of amides is 1. The van der Waals surface area contributed by atoms with Crippen LogP contribution in [0, 0.1) is 0 Å². The van der Waals surface area contributed by atoms with E-state index in [4.69, 9.17) is 23.2 Å². The number of hydrogen-bond donors (Lipinski definition) is 1. The van der Waals surface area contributed by atoms with Crippen LogP contribution in [0.15, 0.2) is 12.4 Å². The van der Waals surface area contributed by atoms with Crippen LogP contribution in [-0.2, 0) is 19.8 Å². The maximum absolute atomic E-state index is 12.8. The number of alkyl halides is 3. The molecule has 0 saturated carbocycles. The Bertz CT molecular complexity index is 710. The Morgan fingerprint density at radius 3 is 2.61 bits per heavy atom. The number of rotatable bonds is 5. The summed E-state index contributed by atoms with van der Waals surface area (Å²) in [6.45, 7) is 0.724. The molecule has 0 aromatic carbocycles. The van der Waals surface area contributed by atoms with Crippen LogP contribution in [0.3, 0.4) is 0 Å². The second kappa shape index (κ2) is 6.79. The molecule has 2 aromatic heterocycles. The van der Waals surface area contributed by atoms with Gasteiger partial charge in [-0.3, -0.25) is 14.2 Å². The molecule has 2 heterocycles. The van der Waals surface area contributed by atoms with Crippen molar-refractivity contribution in [3.63, 3.8) is 0 Å². The van der Waals surface area contributed by atoms with E-state index in [-0.39, 0.29) is 6.54 Å². The lowest BCUT2D eigenvalue weighted by Gasteiger charge is -2.06. The van der Waals surface area contributed by atoms with Gasteiger partial charge in [0.05, 0.1) is 11.2 Å². The van der Waals surface area contributed by atoms with Gasteiger partial charge in [-0.2, -0.15) is 23.4 Å². The highest BCUT2D eigenvalue weighted by molar-refractivity contribution is 6.34. The molecule has 1 N–H and O–H groups in total. The first-order valence-corrected chi connectivity index (χ1v) is 7.21. The molecule has 0 bridgehead atoms. The van der Waals surface area contributed by atoms with Gasteiger partial charge in [0.2, 0.25) is 0 Å². The van der Waals surface area contributed by atoms with Crippen LogP contribution in [0.4, 0.5) is 13.2 Å². The Morgan fingerprint density at radius 1 is 1.39 bits per heavy atom. The Hall–Kier alpha value is -1.74. The number of nitrogens with zero attached hydrogens (tertiary/aromatic N) is 4. The van der Waals surface area contributed by atoms with Gasteiger partial charge < -0.3 is 5.32 Å². The summed E-state index contributed by atoms with van der Waals surface area (Å²) in [7, 11) is 1.08. The summed E-state index contributed by atoms with van der Waals surface area (Å²) in [5, 5.41) is 9.74. The summed E-state index contributed by atoms with van der Waals surface area (Å²) < 4.78 is 40.5. The summed E-state index contributed by atoms with van der Waals surface area (Å²) in [6.07, 6.45) is -1.07. The minimum Gasteiger partial charge on any atom is -0.351 e. The molecule has 0 spiro atoms. The maximum Gasteiger partial charge on any atom is 0.434 e. The molecule has 0 aliphatic carbocycles. The molecule has 11 heteroatoms. The minimum atomic E-state index is -4.68. The summed E-state index contributed by atoms with van der Waals surface area (Å²) >= 11 is 11.3. The van der Waals surface area contributed by atoms with Crippen LogP contribution in [0.25, 0.3) is 0 Å². The summed E-state index contributed by atoms with van der Waals surface area (Å²) in [5.41, 5.74) is -1.61. The predicted octanol–water partition coefficient (Wildman–Crippen LogP) is 2.76. The van der Waals surface area contributed by atoms with Crippen molar-refractivity contribution < 1.29 is 18.0 Å². The average Bonchev–Trinajstić information content (AvgIpc) is 2.97. The summed E-state index contributed by atoms with van der Waals surface area (Å²) in [4.78, 5) is 11.9. The van der Waals surface area contributed by atoms with Gasteiger partial charge in [0, 0.05) is 26.3 Å². The van der Waals surface area contributed by atoms with E-state index in [0.717, 1.165) is 7.05 Å². The fraction of sp³-hybridized carbons (Fsp3) is 0.417. The van der Waals surface area contributed by atoms with Crippen LogP contribution < -0.4 is 5.32 Å². The largest absolute Gasteiger partial charge is 0.434 e. The van der Waals surface area contributed by atoms with Crippen LogP contribution in [0.1, 0.15) is 22.6 Å². The van der Waals surface area contributed by atoms with Crippen molar-refractivity contribution in [1.82, 2.24) is 24.9 Å². The molecule has 0 saturated heterocycles. The molecular weight excluding hydrogens is 358 g/mol. The minimum absolute atomic E-state index is 0.227.